The lowest BCUT2D eigenvalue weighted by Crippen LogP contribution is -2.45. The number of nitrogens with one attached hydrogen (secondary N) is 1. The summed E-state index contributed by atoms with van der Waals surface area (Å²) < 4.78 is 7.99. The summed E-state index contributed by atoms with van der Waals surface area (Å²) in [6.45, 7) is 9.20. The molecule has 1 amide bonds. The van der Waals surface area contributed by atoms with Crippen LogP contribution in [0, 0.1) is 6.92 Å². The highest BCUT2D eigenvalue weighted by molar-refractivity contribution is 5.85. The number of benzene rings is 1. The topological polar surface area (TPSA) is 46.5 Å². The molecule has 0 spiro atoms. The summed E-state index contributed by atoms with van der Waals surface area (Å²) in [5, 5.41) is 5.17. The molecule has 1 aliphatic carbocycles. The smallest absolute Gasteiger partial charge is 0.219 e. The predicted molar refractivity (Wildman–Crippen MR) is 119 cm³/mol. The van der Waals surface area contributed by atoms with Crippen LogP contribution in [-0.2, 0) is 15.1 Å². The number of aromatic nitrogens is 1. The Bertz CT molecular complexity index is 1060. The van der Waals surface area contributed by atoms with Gasteiger partial charge in [0.25, 0.3) is 0 Å². The Morgan fingerprint density at radius 1 is 1.20 bits per heavy atom. The summed E-state index contributed by atoms with van der Waals surface area (Å²) in [4.78, 5) is 14.3. The summed E-state index contributed by atoms with van der Waals surface area (Å²) in [5.74, 6) is 0.152. The Labute approximate surface area is 178 Å². The van der Waals surface area contributed by atoms with Gasteiger partial charge in [-0.05, 0) is 50.0 Å². The molecule has 3 heterocycles. The molecule has 2 aliphatic heterocycles. The van der Waals surface area contributed by atoms with Crippen LogP contribution in [0.1, 0.15) is 38.7 Å². The van der Waals surface area contributed by atoms with Gasteiger partial charge in [0, 0.05) is 74.1 Å². The van der Waals surface area contributed by atoms with Crippen LogP contribution in [0.15, 0.2) is 53.4 Å². The molecule has 1 saturated heterocycles. The fourth-order valence-electron chi connectivity index (χ4n) is 5.28. The summed E-state index contributed by atoms with van der Waals surface area (Å²) >= 11 is 0. The number of nitrogens with zero attached hydrogens (tertiary/aromatic N) is 2. The number of carbonyl (C=O) groups excluding carboxylic acids is 1. The van der Waals surface area contributed by atoms with Crippen LogP contribution in [0.4, 0.5) is 0 Å². The van der Waals surface area contributed by atoms with Crippen LogP contribution < -0.4 is 5.32 Å². The molecule has 0 bridgehead atoms. The normalized spacial score (nSPS) is 24.9. The zero-order chi connectivity index (χ0) is 20.9. The molecule has 5 rings (SSSR count). The van der Waals surface area contributed by atoms with Gasteiger partial charge < -0.3 is 19.5 Å². The number of aryl methyl sites for hydroxylation is 1. The van der Waals surface area contributed by atoms with E-state index in [0.29, 0.717) is 12.6 Å². The average molecular weight is 406 g/mol. The minimum absolute atomic E-state index is 0.152. The van der Waals surface area contributed by atoms with Gasteiger partial charge in [-0.2, -0.15) is 0 Å². The van der Waals surface area contributed by atoms with Crippen LogP contribution >= 0.6 is 0 Å². The van der Waals surface area contributed by atoms with Crippen molar-refractivity contribution in [2.45, 2.75) is 51.6 Å². The van der Waals surface area contributed by atoms with Crippen molar-refractivity contribution >= 4 is 16.8 Å². The van der Waals surface area contributed by atoms with Crippen LogP contribution in [0.5, 0.6) is 0 Å². The van der Waals surface area contributed by atoms with E-state index in [0.717, 1.165) is 39.0 Å². The lowest BCUT2D eigenvalue weighted by molar-refractivity contribution is -0.128. The standard InChI is InChI=1S/C25H31N3O2/c1-17-15-28(24-7-5-4-6-21(17)24)25(14-18(25)2)22-16-27(19(3)29)11-8-23(22)26-20-9-12-30-13-10-20/h4-7,14-15,20,26H,8-13,16H2,1-3H3. The molecule has 3 aliphatic rings. The Hall–Kier alpha value is -2.53. The largest absolute Gasteiger partial charge is 0.385 e. The van der Waals surface area contributed by atoms with E-state index in [2.05, 4.69) is 60.3 Å². The molecule has 158 valence electrons. The van der Waals surface area contributed by atoms with Gasteiger partial charge in [0.2, 0.25) is 5.91 Å². The van der Waals surface area contributed by atoms with Gasteiger partial charge >= 0.3 is 0 Å². The van der Waals surface area contributed by atoms with E-state index < -0.39 is 0 Å². The van der Waals surface area contributed by atoms with Gasteiger partial charge in [-0.3, -0.25) is 4.79 Å². The van der Waals surface area contributed by atoms with Crippen LogP contribution in [0.3, 0.4) is 0 Å². The van der Waals surface area contributed by atoms with Gasteiger partial charge in [-0.15, -0.1) is 0 Å². The second kappa shape index (κ2) is 7.31. The predicted octanol–water partition coefficient (Wildman–Crippen LogP) is 3.88. The monoisotopic (exact) mass is 405 g/mol. The van der Waals surface area contributed by atoms with Crippen molar-refractivity contribution in [2.75, 3.05) is 26.3 Å². The van der Waals surface area contributed by atoms with Crippen LogP contribution in [-0.4, -0.2) is 47.7 Å². The van der Waals surface area contributed by atoms with E-state index in [1.54, 1.807) is 6.92 Å². The van der Waals surface area contributed by atoms with E-state index in [1.807, 2.05) is 4.90 Å². The van der Waals surface area contributed by atoms with Crippen molar-refractivity contribution < 1.29 is 9.53 Å². The Kier molecular flexibility index (Phi) is 4.73. The van der Waals surface area contributed by atoms with E-state index in [9.17, 15) is 4.79 Å². The van der Waals surface area contributed by atoms with Gasteiger partial charge in [0.05, 0.1) is 0 Å². The van der Waals surface area contributed by atoms with Crippen molar-refractivity contribution in [2.24, 2.45) is 0 Å². The molecule has 2 aromatic rings. The molecule has 30 heavy (non-hydrogen) atoms. The number of hydrogen-bond donors (Lipinski definition) is 1. The third-order valence-electron chi connectivity index (χ3n) is 7.08. The summed E-state index contributed by atoms with van der Waals surface area (Å²) in [6, 6.07) is 9.08. The second-order valence-electron chi connectivity index (χ2n) is 8.97. The molecule has 0 saturated carbocycles. The van der Waals surface area contributed by atoms with Gasteiger partial charge in [-0.1, -0.05) is 18.2 Å². The maximum Gasteiger partial charge on any atom is 0.219 e. The minimum atomic E-state index is -0.241. The highest BCUT2D eigenvalue weighted by atomic mass is 16.5. The highest BCUT2D eigenvalue weighted by Crippen LogP contribution is 2.52. The van der Waals surface area contributed by atoms with Crippen molar-refractivity contribution in [1.29, 1.82) is 0 Å². The molecule has 1 N–H and O–H groups in total. The average Bonchev–Trinajstić information content (AvgIpc) is 3.32. The van der Waals surface area contributed by atoms with E-state index in [-0.39, 0.29) is 11.4 Å². The summed E-state index contributed by atoms with van der Waals surface area (Å²) in [7, 11) is 0. The molecular weight excluding hydrogens is 374 g/mol. The first-order chi connectivity index (χ1) is 14.5. The second-order valence-corrected chi connectivity index (χ2v) is 8.97. The number of amides is 1. The fourth-order valence-corrected chi connectivity index (χ4v) is 5.28. The third-order valence-corrected chi connectivity index (χ3v) is 7.08. The quantitative estimate of drug-likeness (QED) is 0.786. The number of allylic oxidation sites excluding steroid dienone is 2. The number of ether oxygens (including phenoxy) is 1. The van der Waals surface area contributed by atoms with Gasteiger partial charge in [0.1, 0.15) is 5.54 Å². The molecule has 0 radical (unpaired) electrons. The summed E-state index contributed by atoms with van der Waals surface area (Å²) in [5.41, 5.74) is 6.31. The Morgan fingerprint density at radius 3 is 2.63 bits per heavy atom. The van der Waals surface area contributed by atoms with E-state index in [4.69, 9.17) is 4.74 Å². The molecule has 1 unspecified atom stereocenters. The first-order valence-electron chi connectivity index (χ1n) is 11.1. The molecule has 1 atom stereocenters. The van der Waals surface area contributed by atoms with E-state index in [1.165, 1.54) is 33.3 Å². The minimum Gasteiger partial charge on any atom is -0.385 e. The van der Waals surface area contributed by atoms with Crippen molar-refractivity contribution in [3.63, 3.8) is 0 Å². The fraction of sp³-hybridized carbons (Fsp3) is 0.480. The number of para-hydroxylation sites is 1. The Balaban J connectivity index is 1.60. The molecule has 1 aromatic heterocycles. The van der Waals surface area contributed by atoms with Crippen LogP contribution in [0.2, 0.25) is 0 Å². The molecule has 5 heteroatoms. The number of fused-ring (bicyclic) bond motifs is 1. The Morgan fingerprint density at radius 2 is 1.93 bits per heavy atom. The highest BCUT2D eigenvalue weighted by Gasteiger charge is 2.49. The van der Waals surface area contributed by atoms with Crippen molar-refractivity contribution in [3.05, 3.63) is 58.9 Å². The zero-order valence-corrected chi connectivity index (χ0v) is 18.2. The maximum absolute atomic E-state index is 12.3. The van der Waals surface area contributed by atoms with Crippen LogP contribution in [0.25, 0.3) is 10.9 Å². The molecular formula is C25H31N3O2. The first-order valence-corrected chi connectivity index (χ1v) is 11.1. The van der Waals surface area contributed by atoms with Gasteiger partial charge in [0.15, 0.2) is 0 Å². The molecule has 1 aromatic carbocycles. The SMILES string of the molecule is CC(=O)N1CCC(NC2CCOCC2)=C(C2(n3cc(C)c4ccccc43)C=C2C)C1. The number of carbonyl (C=O) groups is 1. The summed E-state index contributed by atoms with van der Waals surface area (Å²) in [6.07, 6.45) is 7.61. The first kappa shape index (κ1) is 19.4. The number of hydrogen-bond acceptors (Lipinski definition) is 3. The van der Waals surface area contributed by atoms with E-state index >= 15 is 0 Å². The maximum atomic E-state index is 12.3. The molecule has 5 nitrogen and oxygen atoms in total. The van der Waals surface area contributed by atoms with Crippen molar-refractivity contribution in [1.82, 2.24) is 14.8 Å². The third kappa shape index (κ3) is 3.07. The number of rotatable bonds is 4. The zero-order valence-electron chi connectivity index (χ0n) is 18.2. The van der Waals surface area contributed by atoms with Gasteiger partial charge in [-0.25, -0.2) is 0 Å². The molecule has 1 fully saturated rings. The lowest BCUT2D eigenvalue weighted by atomic mass is 9.91. The van der Waals surface area contributed by atoms with Crippen molar-refractivity contribution in [3.8, 4) is 0 Å². The lowest BCUT2D eigenvalue weighted by Gasteiger charge is -2.38.